The Balaban J connectivity index is 1.91. The van der Waals surface area contributed by atoms with Crippen LogP contribution in [0.4, 0.5) is 5.69 Å². The number of anilines is 1. The van der Waals surface area contributed by atoms with E-state index in [0.29, 0.717) is 0 Å². The van der Waals surface area contributed by atoms with Crippen LogP contribution in [0.2, 0.25) is 0 Å². The molecule has 0 atom stereocenters. The molecule has 21 heavy (non-hydrogen) atoms. The molecular formula is C14H10N2O5. The Bertz CT molecular complexity index is 777. The van der Waals surface area contributed by atoms with Gasteiger partial charge in [-0.1, -0.05) is 6.07 Å². The molecule has 2 heterocycles. The van der Waals surface area contributed by atoms with Gasteiger partial charge in [0, 0.05) is 5.69 Å². The van der Waals surface area contributed by atoms with Crippen molar-refractivity contribution in [2.24, 2.45) is 0 Å². The van der Waals surface area contributed by atoms with Crippen LogP contribution in [0.5, 0.6) is 0 Å². The average Bonchev–Trinajstić information content (AvgIpc) is 3.00. The van der Waals surface area contributed by atoms with Gasteiger partial charge < -0.3 is 15.3 Å². The maximum atomic E-state index is 12.2. The number of fused-ring (bicyclic) bond motifs is 1. The number of nitrogen functional groups attached to an aromatic ring is 1. The summed E-state index contributed by atoms with van der Waals surface area (Å²) in [7, 11) is 0. The van der Waals surface area contributed by atoms with Gasteiger partial charge in [0.25, 0.3) is 11.8 Å². The van der Waals surface area contributed by atoms with E-state index < -0.39 is 17.8 Å². The lowest BCUT2D eigenvalue weighted by Gasteiger charge is -2.11. The van der Waals surface area contributed by atoms with Crippen LogP contribution in [0, 0.1) is 0 Å². The zero-order valence-electron chi connectivity index (χ0n) is 10.7. The number of nitrogens with two attached hydrogens (primary N) is 1. The number of carboxylic acids is 1. The Kier molecular flexibility index (Phi) is 2.76. The normalized spacial score (nSPS) is 13.6. The lowest BCUT2D eigenvalue weighted by atomic mass is 10.1. The summed E-state index contributed by atoms with van der Waals surface area (Å²) in [4.78, 5) is 36.2. The highest BCUT2D eigenvalue weighted by Crippen LogP contribution is 2.28. The van der Waals surface area contributed by atoms with Gasteiger partial charge in [-0.3, -0.25) is 14.5 Å². The molecule has 2 amide bonds. The molecule has 0 fully saturated rings. The molecule has 3 rings (SSSR count). The molecule has 7 heteroatoms. The maximum absolute atomic E-state index is 12.2. The van der Waals surface area contributed by atoms with E-state index in [2.05, 4.69) is 0 Å². The molecule has 3 N–H and O–H groups in total. The van der Waals surface area contributed by atoms with Gasteiger partial charge in [0.15, 0.2) is 0 Å². The number of aromatic carboxylic acids is 1. The summed E-state index contributed by atoms with van der Waals surface area (Å²) in [6.45, 7) is -0.140. The first kappa shape index (κ1) is 12.9. The predicted octanol–water partition coefficient (Wildman–Crippen LogP) is 1.36. The fraction of sp³-hybridized carbons (Fsp3) is 0.0714. The first-order chi connectivity index (χ1) is 9.99. The molecule has 1 aromatic carbocycles. The smallest absolute Gasteiger partial charge is 0.338 e. The van der Waals surface area contributed by atoms with E-state index in [-0.39, 0.29) is 34.7 Å². The molecular weight excluding hydrogens is 276 g/mol. The van der Waals surface area contributed by atoms with Gasteiger partial charge in [0.1, 0.15) is 12.0 Å². The summed E-state index contributed by atoms with van der Waals surface area (Å²) in [5.41, 5.74) is 6.33. The third kappa shape index (κ3) is 1.95. The number of carbonyl (C=O) groups excluding carboxylic acids is 2. The molecule has 0 radical (unpaired) electrons. The second-order valence-corrected chi connectivity index (χ2v) is 4.57. The van der Waals surface area contributed by atoms with Crippen LogP contribution in [0.1, 0.15) is 36.8 Å². The molecule has 0 aliphatic carbocycles. The summed E-state index contributed by atoms with van der Waals surface area (Å²) >= 11 is 0. The highest BCUT2D eigenvalue weighted by molar-refractivity contribution is 6.23. The van der Waals surface area contributed by atoms with E-state index in [4.69, 9.17) is 15.3 Å². The zero-order valence-corrected chi connectivity index (χ0v) is 10.7. The minimum atomic E-state index is -1.14. The van der Waals surface area contributed by atoms with Crippen LogP contribution < -0.4 is 5.73 Å². The quantitative estimate of drug-likeness (QED) is 0.650. The van der Waals surface area contributed by atoms with Crippen molar-refractivity contribution in [3.8, 4) is 0 Å². The van der Waals surface area contributed by atoms with Crippen LogP contribution in [-0.4, -0.2) is 27.8 Å². The van der Waals surface area contributed by atoms with Gasteiger partial charge in [0.05, 0.1) is 23.2 Å². The van der Waals surface area contributed by atoms with Crippen LogP contribution in [0.15, 0.2) is 34.9 Å². The molecule has 1 aliphatic heterocycles. The van der Waals surface area contributed by atoms with E-state index in [1.54, 1.807) is 12.1 Å². The standard InChI is InChI=1S/C14H10N2O5/c15-10-3-1-2-9-11(10)13(18)16(12(9)17)5-8-4-7(6-21-8)14(19)20/h1-4,6H,5,15H2,(H,19,20). The lowest BCUT2D eigenvalue weighted by Crippen LogP contribution is -2.29. The third-order valence-electron chi connectivity index (χ3n) is 3.25. The molecule has 0 spiro atoms. The van der Waals surface area contributed by atoms with Crippen molar-refractivity contribution in [1.82, 2.24) is 4.90 Å². The summed E-state index contributed by atoms with van der Waals surface area (Å²) < 4.78 is 5.06. The highest BCUT2D eigenvalue weighted by atomic mass is 16.4. The number of nitrogens with zero attached hydrogens (tertiary/aromatic N) is 1. The highest BCUT2D eigenvalue weighted by Gasteiger charge is 2.37. The molecule has 1 aliphatic rings. The van der Waals surface area contributed by atoms with Gasteiger partial charge in [0.2, 0.25) is 0 Å². The second-order valence-electron chi connectivity index (χ2n) is 4.57. The van der Waals surface area contributed by atoms with E-state index in [9.17, 15) is 14.4 Å². The topological polar surface area (TPSA) is 114 Å². The summed E-state index contributed by atoms with van der Waals surface area (Å²) in [6.07, 6.45) is 1.06. The van der Waals surface area contributed by atoms with E-state index in [1.165, 1.54) is 12.1 Å². The average molecular weight is 286 g/mol. The summed E-state index contributed by atoms with van der Waals surface area (Å²) in [5.74, 6) is -1.92. The third-order valence-corrected chi connectivity index (χ3v) is 3.25. The van der Waals surface area contributed by atoms with Crippen molar-refractivity contribution in [3.05, 3.63) is 53.0 Å². The van der Waals surface area contributed by atoms with Crippen molar-refractivity contribution in [2.45, 2.75) is 6.54 Å². The van der Waals surface area contributed by atoms with Crippen molar-refractivity contribution in [2.75, 3.05) is 5.73 Å². The molecule has 0 saturated carbocycles. The summed E-state index contributed by atoms with van der Waals surface area (Å²) in [5, 5.41) is 8.82. The number of rotatable bonds is 3. The number of furan rings is 1. The monoisotopic (exact) mass is 286 g/mol. The van der Waals surface area contributed by atoms with Crippen molar-refractivity contribution in [3.63, 3.8) is 0 Å². The minimum absolute atomic E-state index is 0.0406. The zero-order chi connectivity index (χ0) is 15.1. The Labute approximate surface area is 118 Å². The van der Waals surface area contributed by atoms with Gasteiger partial charge in [-0.2, -0.15) is 0 Å². The number of hydrogen-bond acceptors (Lipinski definition) is 5. The summed E-state index contributed by atoms with van der Waals surface area (Å²) in [6, 6.07) is 5.94. The van der Waals surface area contributed by atoms with Crippen molar-refractivity contribution >= 4 is 23.5 Å². The minimum Gasteiger partial charge on any atom is -0.478 e. The Hall–Kier alpha value is -3.09. The number of hydrogen-bond donors (Lipinski definition) is 2. The van der Waals surface area contributed by atoms with Crippen LogP contribution in [-0.2, 0) is 6.54 Å². The largest absolute Gasteiger partial charge is 0.478 e. The number of benzene rings is 1. The fourth-order valence-corrected chi connectivity index (χ4v) is 2.23. The van der Waals surface area contributed by atoms with Gasteiger partial charge in [-0.05, 0) is 18.2 Å². The fourth-order valence-electron chi connectivity index (χ4n) is 2.23. The molecule has 0 unspecified atom stereocenters. The van der Waals surface area contributed by atoms with Crippen LogP contribution in [0.25, 0.3) is 0 Å². The molecule has 0 saturated heterocycles. The Morgan fingerprint density at radius 3 is 2.67 bits per heavy atom. The maximum Gasteiger partial charge on any atom is 0.338 e. The van der Waals surface area contributed by atoms with Crippen LogP contribution in [0.3, 0.4) is 0 Å². The molecule has 7 nitrogen and oxygen atoms in total. The number of imide groups is 1. The van der Waals surface area contributed by atoms with Crippen LogP contribution >= 0.6 is 0 Å². The van der Waals surface area contributed by atoms with E-state index in [0.717, 1.165) is 11.2 Å². The first-order valence-corrected chi connectivity index (χ1v) is 6.04. The molecule has 1 aromatic heterocycles. The second kappa shape index (κ2) is 4.48. The number of carbonyl (C=O) groups is 3. The van der Waals surface area contributed by atoms with Gasteiger partial charge in [-0.25, -0.2) is 4.79 Å². The van der Waals surface area contributed by atoms with Gasteiger partial charge >= 0.3 is 5.97 Å². The number of carboxylic acid groups (broad SMARTS) is 1. The first-order valence-electron chi connectivity index (χ1n) is 6.04. The van der Waals surface area contributed by atoms with Gasteiger partial charge in [-0.15, -0.1) is 0 Å². The molecule has 106 valence electrons. The van der Waals surface area contributed by atoms with Crippen molar-refractivity contribution in [1.29, 1.82) is 0 Å². The molecule has 0 bridgehead atoms. The number of amides is 2. The Morgan fingerprint density at radius 2 is 2.05 bits per heavy atom. The Morgan fingerprint density at radius 1 is 1.29 bits per heavy atom. The lowest BCUT2D eigenvalue weighted by molar-refractivity contribution is 0.0629. The van der Waals surface area contributed by atoms with Crippen molar-refractivity contribution < 1.29 is 23.9 Å². The predicted molar refractivity (Wildman–Crippen MR) is 70.7 cm³/mol. The van der Waals surface area contributed by atoms with E-state index in [1.807, 2.05) is 0 Å². The SMILES string of the molecule is Nc1cccc2c1C(=O)N(Cc1cc(C(=O)O)co1)C2=O. The molecule has 2 aromatic rings. The van der Waals surface area contributed by atoms with E-state index >= 15 is 0 Å².